The fourth-order valence-electron chi connectivity index (χ4n) is 3.75. The molecule has 3 N–H and O–H groups in total. The third-order valence-electron chi connectivity index (χ3n) is 5.12. The molecule has 0 fully saturated rings. The Labute approximate surface area is 172 Å². The van der Waals surface area contributed by atoms with Gasteiger partial charge in [0.05, 0.1) is 0 Å². The molecule has 0 atom stereocenters. The van der Waals surface area contributed by atoms with E-state index in [0.717, 1.165) is 28.8 Å². The van der Waals surface area contributed by atoms with Gasteiger partial charge in [0.25, 0.3) is 0 Å². The van der Waals surface area contributed by atoms with Crippen LogP contribution in [0.1, 0.15) is 11.1 Å². The lowest BCUT2D eigenvalue weighted by Crippen LogP contribution is -2.25. The Balaban J connectivity index is 1.49. The molecule has 0 saturated carbocycles. The summed E-state index contributed by atoms with van der Waals surface area (Å²) in [7, 11) is 0. The van der Waals surface area contributed by atoms with Gasteiger partial charge in [0.2, 0.25) is 5.95 Å². The van der Waals surface area contributed by atoms with Crippen molar-refractivity contribution < 1.29 is 9.84 Å². The van der Waals surface area contributed by atoms with E-state index >= 15 is 0 Å². The molecule has 7 heteroatoms. The number of rotatable bonds is 3. The molecule has 0 radical (unpaired) electrons. The van der Waals surface area contributed by atoms with Crippen LogP contribution in [0.2, 0.25) is 0 Å². The second kappa shape index (κ2) is 7.35. The molecule has 0 bridgehead atoms. The zero-order chi connectivity index (χ0) is 19.8. The maximum absolute atomic E-state index is 10.7. The predicted octanol–water partition coefficient (Wildman–Crippen LogP) is 4.04. The fraction of sp³-hybridized carbons (Fsp3) is 0.182. The maximum atomic E-state index is 10.7. The second-order valence-electron chi connectivity index (χ2n) is 7.14. The summed E-state index contributed by atoms with van der Waals surface area (Å²) >= 11 is 1.71. The highest BCUT2D eigenvalue weighted by Crippen LogP contribution is 2.41. The number of aromatic nitrogens is 2. The average molecular weight is 404 g/mol. The Morgan fingerprint density at radius 2 is 2.00 bits per heavy atom. The van der Waals surface area contributed by atoms with Crippen LogP contribution >= 0.6 is 11.3 Å². The molecule has 3 heterocycles. The third kappa shape index (κ3) is 3.50. The van der Waals surface area contributed by atoms with Crippen molar-refractivity contribution in [3.8, 4) is 22.6 Å². The number of hydrogen-bond acceptors (Lipinski definition) is 7. The van der Waals surface area contributed by atoms with Gasteiger partial charge in [-0.15, -0.1) is 11.3 Å². The van der Waals surface area contributed by atoms with Crippen molar-refractivity contribution in [2.75, 3.05) is 18.9 Å². The van der Waals surface area contributed by atoms with E-state index in [1.807, 2.05) is 12.1 Å². The maximum Gasteiger partial charge on any atom is 0.219 e. The molecule has 2 aromatic carbocycles. The lowest BCUT2D eigenvalue weighted by Gasteiger charge is -2.19. The minimum atomic E-state index is 0.186. The molecule has 5 rings (SSSR count). The molecule has 1 aliphatic rings. The summed E-state index contributed by atoms with van der Waals surface area (Å²) in [6.45, 7) is 2.62. The Morgan fingerprint density at radius 1 is 1.17 bits per heavy atom. The number of thiophene rings is 1. The largest absolute Gasteiger partial charge is 0.504 e. The van der Waals surface area contributed by atoms with Crippen LogP contribution in [-0.4, -0.2) is 33.1 Å². The van der Waals surface area contributed by atoms with Gasteiger partial charge in [-0.2, -0.15) is 0 Å². The topological polar surface area (TPSA) is 84.5 Å². The first kappa shape index (κ1) is 17.9. The van der Waals surface area contributed by atoms with Gasteiger partial charge in [-0.05, 0) is 29.1 Å². The van der Waals surface area contributed by atoms with Gasteiger partial charge in [-0.3, -0.25) is 4.90 Å². The molecule has 146 valence electrons. The SMILES string of the molecule is Nc1ncc(CN2CCOc3c(O)cc(-c4csc5ccccc45)cc3C2)cn1. The van der Waals surface area contributed by atoms with Crippen molar-refractivity contribution in [2.24, 2.45) is 0 Å². The van der Waals surface area contributed by atoms with Crippen LogP contribution in [0.4, 0.5) is 5.95 Å². The minimum absolute atomic E-state index is 0.186. The number of nitrogens with two attached hydrogens (primary N) is 1. The van der Waals surface area contributed by atoms with E-state index in [1.54, 1.807) is 29.8 Å². The fourth-order valence-corrected chi connectivity index (χ4v) is 4.72. The zero-order valence-electron chi connectivity index (χ0n) is 15.7. The lowest BCUT2D eigenvalue weighted by molar-refractivity contribution is 0.217. The number of fused-ring (bicyclic) bond motifs is 2. The monoisotopic (exact) mass is 404 g/mol. The number of phenols is 1. The highest BCUT2D eigenvalue weighted by Gasteiger charge is 2.21. The quantitative estimate of drug-likeness (QED) is 0.536. The number of anilines is 1. The second-order valence-corrected chi connectivity index (χ2v) is 8.05. The van der Waals surface area contributed by atoms with Crippen molar-refractivity contribution in [3.05, 3.63) is 65.3 Å². The van der Waals surface area contributed by atoms with Crippen molar-refractivity contribution in [1.82, 2.24) is 14.9 Å². The Bertz CT molecular complexity index is 1170. The molecular formula is C22H20N4O2S. The highest BCUT2D eigenvalue weighted by molar-refractivity contribution is 7.17. The van der Waals surface area contributed by atoms with Crippen LogP contribution < -0.4 is 10.5 Å². The smallest absolute Gasteiger partial charge is 0.219 e. The van der Waals surface area contributed by atoms with Crippen LogP contribution in [0.15, 0.2) is 54.2 Å². The van der Waals surface area contributed by atoms with E-state index in [0.29, 0.717) is 25.4 Å². The summed E-state index contributed by atoms with van der Waals surface area (Å²) in [6.07, 6.45) is 3.50. The van der Waals surface area contributed by atoms with Crippen LogP contribution in [0, 0.1) is 0 Å². The number of aromatic hydroxyl groups is 1. The van der Waals surface area contributed by atoms with Crippen molar-refractivity contribution in [1.29, 1.82) is 0 Å². The predicted molar refractivity (Wildman–Crippen MR) is 115 cm³/mol. The zero-order valence-corrected chi connectivity index (χ0v) is 16.5. The van der Waals surface area contributed by atoms with Gasteiger partial charge in [-0.25, -0.2) is 9.97 Å². The first-order valence-electron chi connectivity index (χ1n) is 9.41. The van der Waals surface area contributed by atoms with Gasteiger partial charge in [0.15, 0.2) is 11.5 Å². The van der Waals surface area contributed by atoms with E-state index in [-0.39, 0.29) is 11.7 Å². The summed E-state index contributed by atoms with van der Waals surface area (Å²) in [5.41, 5.74) is 9.68. The molecule has 6 nitrogen and oxygen atoms in total. The highest BCUT2D eigenvalue weighted by atomic mass is 32.1. The molecule has 0 amide bonds. The number of nitrogen functional groups attached to an aromatic ring is 1. The van der Waals surface area contributed by atoms with Crippen molar-refractivity contribution >= 4 is 27.4 Å². The minimum Gasteiger partial charge on any atom is -0.504 e. The molecule has 29 heavy (non-hydrogen) atoms. The molecule has 0 saturated heterocycles. The molecule has 0 unspecified atom stereocenters. The van der Waals surface area contributed by atoms with Crippen molar-refractivity contribution in [2.45, 2.75) is 13.1 Å². The number of benzene rings is 2. The molecule has 2 aromatic heterocycles. The van der Waals surface area contributed by atoms with Crippen LogP contribution in [0.3, 0.4) is 0 Å². The Morgan fingerprint density at radius 3 is 2.86 bits per heavy atom. The molecule has 4 aromatic rings. The first-order chi connectivity index (χ1) is 14.2. The third-order valence-corrected chi connectivity index (χ3v) is 6.08. The number of ether oxygens (including phenoxy) is 1. The van der Waals surface area contributed by atoms with E-state index in [9.17, 15) is 5.11 Å². The average Bonchev–Trinajstić information content (AvgIpc) is 3.04. The van der Waals surface area contributed by atoms with Gasteiger partial charge < -0.3 is 15.6 Å². The van der Waals surface area contributed by atoms with E-state index in [4.69, 9.17) is 10.5 Å². The van der Waals surface area contributed by atoms with Gasteiger partial charge >= 0.3 is 0 Å². The summed E-state index contributed by atoms with van der Waals surface area (Å²) in [4.78, 5) is 10.4. The Hall–Kier alpha value is -3.16. The van der Waals surface area contributed by atoms with Crippen LogP contribution in [0.25, 0.3) is 21.2 Å². The van der Waals surface area contributed by atoms with Gasteiger partial charge in [0.1, 0.15) is 6.61 Å². The summed E-state index contributed by atoms with van der Waals surface area (Å²) in [5.74, 6) is 1.03. The van der Waals surface area contributed by atoms with Crippen LogP contribution in [0.5, 0.6) is 11.5 Å². The van der Waals surface area contributed by atoms with E-state index in [1.165, 1.54) is 10.1 Å². The molecular weight excluding hydrogens is 384 g/mol. The van der Waals surface area contributed by atoms with Gasteiger partial charge in [0, 0.05) is 58.8 Å². The van der Waals surface area contributed by atoms with Gasteiger partial charge in [-0.1, -0.05) is 18.2 Å². The molecule has 0 spiro atoms. The number of phenolic OH excluding ortho intramolecular Hbond substituents is 1. The van der Waals surface area contributed by atoms with Crippen LogP contribution in [-0.2, 0) is 13.1 Å². The van der Waals surface area contributed by atoms with E-state index in [2.05, 4.69) is 38.4 Å². The summed E-state index contributed by atoms with van der Waals surface area (Å²) < 4.78 is 7.12. The Kier molecular flexibility index (Phi) is 4.54. The lowest BCUT2D eigenvalue weighted by atomic mass is 10.0. The number of hydrogen-bond donors (Lipinski definition) is 2. The summed E-state index contributed by atoms with van der Waals surface area (Å²) in [6, 6.07) is 12.3. The molecule has 0 aliphatic carbocycles. The van der Waals surface area contributed by atoms with E-state index < -0.39 is 0 Å². The molecule has 1 aliphatic heterocycles. The first-order valence-corrected chi connectivity index (χ1v) is 10.3. The normalized spacial score (nSPS) is 14.3. The number of nitrogens with zero attached hydrogens (tertiary/aromatic N) is 3. The van der Waals surface area contributed by atoms with Crippen molar-refractivity contribution in [3.63, 3.8) is 0 Å². The summed E-state index contributed by atoms with van der Waals surface area (Å²) in [5, 5.41) is 14.0. The standard InChI is InChI=1S/C22H20N4O2S/c23-22-24-9-14(10-25-22)11-26-5-6-28-21-16(12-26)7-15(8-19(21)27)18-13-29-20-4-2-1-3-17(18)20/h1-4,7-10,13,27H,5-6,11-12H2,(H2,23,24,25).